The molecule has 15 unspecified atom stereocenters. The predicted octanol–water partition coefficient (Wildman–Crippen LogP) is 4.42. The second-order valence-corrected chi connectivity index (χ2v) is 27.4. The van der Waals surface area contributed by atoms with Crippen molar-refractivity contribution < 1.29 is 71.7 Å². The Labute approximate surface area is 408 Å². The molecule has 0 aromatic heterocycles. The van der Waals surface area contributed by atoms with Crippen LogP contribution in [0, 0.1) is 50.2 Å². The second-order valence-electron chi connectivity index (χ2n) is 25.7. The average molecular weight is 1120 g/mol. The number of fused-ring (bicyclic) bond motifs is 3. The van der Waals surface area contributed by atoms with Crippen LogP contribution < -0.4 is 0 Å². The SMILES string of the molecule is CC1(C)C2C(=O)C3OC(=O)[C@@]45O[C@@H]4CC1(O[C@]2(C)CBr)C35C.CC1(C)C2C(O)C3OC(=O)[C@@]45O[C@@H]4CC1(O[C@]2(C)CBr)C35C.CC12COC3C4OC(=O)[C@@]56O[C@@H]5CC1(O[C@](C)(CBr)C32)C46C. The summed E-state index contributed by atoms with van der Waals surface area (Å²) in [5.74, 6) is -1.05. The highest BCUT2D eigenvalue weighted by Gasteiger charge is 3.01. The third-order valence-corrected chi connectivity index (χ3v) is 26.6. The molecular formula is C48H59Br3O15. The molecule has 18 heteroatoms. The number of rotatable bonds is 3. The molecule has 66 heavy (non-hydrogen) atoms. The van der Waals surface area contributed by atoms with Crippen LogP contribution in [0.2, 0.25) is 0 Å². The van der Waals surface area contributed by atoms with E-state index in [1.807, 2.05) is 20.8 Å². The van der Waals surface area contributed by atoms with Gasteiger partial charge in [0.2, 0.25) is 16.8 Å². The number of ether oxygens (including phenoxy) is 10. The molecular weight excluding hydrogens is 1060 g/mol. The lowest BCUT2D eigenvalue weighted by Crippen LogP contribution is -2.68. The highest BCUT2D eigenvalue weighted by molar-refractivity contribution is 9.09. The van der Waals surface area contributed by atoms with Crippen LogP contribution >= 0.6 is 47.8 Å². The van der Waals surface area contributed by atoms with E-state index in [9.17, 15) is 24.3 Å². The number of aliphatic hydroxyl groups is 1. The van der Waals surface area contributed by atoms with E-state index < -0.39 is 79.4 Å². The van der Waals surface area contributed by atoms with Crippen LogP contribution in [0.1, 0.15) is 95.4 Å². The average Bonchev–Trinajstić information content (AvgIpc) is 4.11. The second kappa shape index (κ2) is 11.2. The molecule has 6 aliphatic carbocycles. The molecule has 362 valence electrons. The number of alkyl halides is 3. The number of hydrogen-bond donors (Lipinski definition) is 1. The van der Waals surface area contributed by atoms with Gasteiger partial charge in [0.05, 0.1) is 68.5 Å². The molecule has 15 nitrogen and oxygen atoms in total. The van der Waals surface area contributed by atoms with Gasteiger partial charge in [-0.05, 0) is 41.5 Å². The van der Waals surface area contributed by atoms with Crippen molar-refractivity contribution in [1.82, 2.24) is 0 Å². The van der Waals surface area contributed by atoms with E-state index in [0.717, 1.165) is 11.8 Å². The molecule has 16 fully saturated rings. The molecule has 0 aromatic carbocycles. The van der Waals surface area contributed by atoms with Crippen LogP contribution in [-0.4, -0.2) is 151 Å². The lowest BCUT2D eigenvalue weighted by molar-refractivity contribution is -0.226. The Morgan fingerprint density at radius 1 is 0.545 bits per heavy atom. The fraction of sp³-hybridized carbons (Fsp3) is 0.917. The van der Waals surface area contributed by atoms with Crippen LogP contribution in [0.3, 0.4) is 0 Å². The number of carbonyl (C=O) groups excluding carboxylic acids is 4. The molecule has 0 amide bonds. The molecule has 6 spiro atoms. The largest absolute Gasteiger partial charge is 0.457 e. The molecule has 0 radical (unpaired) electrons. The summed E-state index contributed by atoms with van der Waals surface area (Å²) in [6, 6.07) is 0. The van der Waals surface area contributed by atoms with Gasteiger partial charge in [-0.2, -0.15) is 0 Å². The summed E-state index contributed by atoms with van der Waals surface area (Å²) in [4.78, 5) is 50.8. The third kappa shape index (κ3) is 3.53. The van der Waals surface area contributed by atoms with E-state index in [1.165, 1.54) is 0 Å². The molecule has 1 N–H and O–H groups in total. The summed E-state index contributed by atoms with van der Waals surface area (Å²) < 4.78 is 61.1. The van der Waals surface area contributed by atoms with Gasteiger partial charge in [0.1, 0.15) is 36.6 Å². The van der Waals surface area contributed by atoms with Gasteiger partial charge in [0.15, 0.2) is 11.9 Å². The predicted molar refractivity (Wildman–Crippen MR) is 236 cm³/mol. The summed E-state index contributed by atoms with van der Waals surface area (Å²) >= 11 is 10.8. The van der Waals surface area contributed by atoms with Gasteiger partial charge in [-0.1, -0.05) is 82.4 Å². The van der Waals surface area contributed by atoms with Crippen molar-refractivity contribution in [1.29, 1.82) is 0 Å². The third-order valence-electron chi connectivity index (χ3n) is 23.2. The first-order valence-electron chi connectivity index (χ1n) is 23.8. The maximum absolute atomic E-state index is 13.2. The molecule has 0 aromatic rings. The van der Waals surface area contributed by atoms with Gasteiger partial charge in [0.25, 0.3) is 0 Å². The first kappa shape index (κ1) is 43.9. The summed E-state index contributed by atoms with van der Waals surface area (Å²) in [5.41, 5.74) is -8.05. The fourth-order valence-electron chi connectivity index (χ4n) is 20.9. The standard InChI is InChI=1S/C16H19BrO5.C16H21BrO5.C16H19BrO5/c1-12-6-19-8-9(12)13(2,5-17)22-15(12)4-7-16(21-7)11(18)20-10(8)14(15,16)3;2*1-12(2)9-8(18)10-14(4)15(12,22-13(9,3)6-17)5-7-16(14,21-7)11(19)20-10/h7-10H,4-6H2,1-3H3;7-10,18H,5-6H2,1-4H3;7,9-10H,5-6H2,1-4H3/t7-,8?,9?,10?,12?,13-,14?,15?,16+;7-,8?,9?,10?,13-,14?,15?,16+;7-,9?,10?,13-,14?,15?,16+/m111/s1. The van der Waals surface area contributed by atoms with Gasteiger partial charge in [-0.3, -0.25) is 4.79 Å². The van der Waals surface area contributed by atoms with Gasteiger partial charge in [0, 0.05) is 63.3 Å². The lowest BCUT2D eigenvalue weighted by Gasteiger charge is -2.56. The van der Waals surface area contributed by atoms with Crippen molar-refractivity contribution in [3.8, 4) is 0 Å². The van der Waals surface area contributed by atoms with Crippen LogP contribution in [0.5, 0.6) is 0 Å². The van der Waals surface area contributed by atoms with E-state index in [0.29, 0.717) is 30.1 Å². The summed E-state index contributed by atoms with van der Waals surface area (Å²) in [6.45, 7) is 23.8. The van der Waals surface area contributed by atoms with Gasteiger partial charge in [-0.25, -0.2) is 14.4 Å². The molecule has 10 aliphatic heterocycles. The Morgan fingerprint density at radius 3 is 1.55 bits per heavy atom. The Morgan fingerprint density at radius 2 is 0.985 bits per heavy atom. The highest BCUT2D eigenvalue weighted by Crippen LogP contribution is 2.86. The number of halogens is 3. The van der Waals surface area contributed by atoms with Gasteiger partial charge < -0.3 is 52.5 Å². The number of aliphatic hydroxyl groups excluding tert-OH is 1. The van der Waals surface area contributed by atoms with E-state index in [-0.39, 0.29) is 93.8 Å². The van der Waals surface area contributed by atoms with Crippen molar-refractivity contribution in [2.45, 2.75) is 195 Å². The Balaban J connectivity index is 0.0000000946. The maximum Gasteiger partial charge on any atom is 0.342 e. The molecule has 24 atom stereocenters. The number of ketones is 1. The zero-order valence-corrected chi connectivity index (χ0v) is 43.9. The molecule has 10 saturated heterocycles. The molecule has 10 heterocycles. The lowest BCUT2D eigenvalue weighted by atomic mass is 9.47. The number of esters is 3. The minimum atomic E-state index is -0.965. The fourth-order valence-corrected chi connectivity index (χ4v) is 22.2. The number of epoxide rings is 3. The summed E-state index contributed by atoms with van der Waals surface area (Å²) in [6.07, 6.45) is -0.625. The molecule has 16 aliphatic rings. The first-order valence-corrected chi connectivity index (χ1v) is 27.2. The van der Waals surface area contributed by atoms with Crippen molar-refractivity contribution in [2.75, 3.05) is 22.6 Å². The van der Waals surface area contributed by atoms with Crippen LogP contribution in [0.15, 0.2) is 0 Å². The Bertz CT molecular complexity index is 2420. The minimum absolute atomic E-state index is 0.0102. The molecule has 8 bridgehead atoms. The smallest absolute Gasteiger partial charge is 0.342 e. The summed E-state index contributed by atoms with van der Waals surface area (Å²) in [7, 11) is 0. The highest BCUT2D eigenvalue weighted by atomic mass is 79.9. The monoisotopic (exact) mass is 1110 g/mol. The van der Waals surface area contributed by atoms with E-state index in [4.69, 9.17) is 47.4 Å². The normalized spacial score (nSPS) is 67.0. The number of carbonyl (C=O) groups is 4. The van der Waals surface area contributed by atoms with Gasteiger partial charge in [-0.15, -0.1) is 0 Å². The zero-order chi connectivity index (χ0) is 47.2. The first-order chi connectivity index (χ1) is 30.6. The van der Waals surface area contributed by atoms with Gasteiger partial charge >= 0.3 is 17.9 Å². The molecule has 16 rings (SSSR count). The van der Waals surface area contributed by atoms with Crippen LogP contribution in [0.25, 0.3) is 0 Å². The van der Waals surface area contributed by atoms with Crippen LogP contribution in [-0.2, 0) is 66.5 Å². The van der Waals surface area contributed by atoms with Crippen molar-refractivity contribution in [3.63, 3.8) is 0 Å². The Hall–Kier alpha value is -0.800. The van der Waals surface area contributed by atoms with E-state index in [2.05, 4.69) is 103 Å². The van der Waals surface area contributed by atoms with Crippen molar-refractivity contribution in [3.05, 3.63) is 0 Å². The number of Topliss-reactive ketones (excluding diaryl/α,β-unsaturated/α-hetero) is 1. The maximum atomic E-state index is 13.2. The number of hydrogen-bond acceptors (Lipinski definition) is 15. The summed E-state index contributed by atoms with van der Waals surface area (Å²) in [5, 5.41) is 13.1. The minimum Gasteiger partial charge on any atom is -0.457 e. The van der Waals surface area contributed by atoms with E-state index in [1.54, 1.807) is 0 Å². The van der Waals surface area contributed by atoms with E-state index >= 15 is 0 Å². The van der Waals surface area contributed by atoms with Crippen molar-refractivity contribution >= 4 is 71.5 Å². The quantitative estimate of drug-likeness (QED) is 0.181. The Kier molecular flexibility index (Phi) is 7.47. The van der Waals surface area contributed by atoms with Crippen molar-refractivity contribution in [2.24, 2.45) is 50.2 Å². The zero-order valence-electron chi connectivity index (χ0n) is 39.1. The topological polar surface area (TPSA) is 191 Å². The molecule has 6 saturated carbocycles. The van der Waals surface area contributed by atoms with Crippen LogP contribution in [0.4, 0.5) is 0 Å².